The van der Waals surface area contributed by atoms with Gasteiger partial charge in [-0.05, 0) is 13.0 Å². The minimum atomic E-state index is -3.50. The normalized spacial score (nSPS) is 20.2. The molecule has 0 aliphatic carbocycles. The van der Waals surface area contributed by atoms with E-state index in [1.165, 1.54) is 4.31 Å². The lowest BCUT2D eigenvalue weighted by molar-refractivity contribution is -0.0199. The largest absolute Gasteiger partial charge is 0.375 e. The minimum Gasteiger partial charge on any atom is -0.375 e. The zero-order chi connectivity index (χ0) is 9.90. The molecule has 13 heavy (non-hydrogen) atoms. The number of hydrogen-bond acceptors (Lipinski definition) is 4. The number of rotatable bonds is 5. The fourth-order valence-electron chi connectivity index (χ4n) is 1.05. The van der Waals surface area contributed by atoms with Crippen LogP contribution in [0.15, 0.2) is 0 Å². The Hall–Kier alpha value is -0.210. The third-order valence-corrected chi connectivity index (χ3v) is 2.89. The molecule has 0 atom stereocenters. The van der Waals surface area contributed by atoms with Gasteiger partial charge in [-0.1, -0.05) is 0 Å². The summed E-state index contributed by atoms with van der Waals surface area (Å²) >= 11 is 0. The zero-order valence-electron chi connectivity index (χ0n) is 7.35. The van der Waals surface area contributed by atoms with E-state index in [-0.39, 0.29) is 6.10 Å². The Labute approximate surface area is 78.0 Å². The zero-order valence-corrected chi connectivity index (χ0v) is 8.16. The first-order valence-corrected chi connectivity index (χ1v) is 5.64. The molecule has 1 aliphatic rings. The van der Waals surface area contributed by atoms with Gasteiger partial charge in [0.1, 0.15) is 0 Å². The van der Waals surface area contributed by atoms with Crippen molar-refractivity contribution in [2.75, 3.05) is 26.2 Å². The Morgan fingerprint density at radius 1 is 1.46 bits per heavy atom. The van der Waals surface area contributed by atoms with Crippen LogP contribution in [0.2, 0.25) is 0 Å². The Kier molecular flexibility index (Phi) is 3.63. The Balaban J connectivity index is 2.12. The van der Waals surface area contributed by atoms with Crippen molar-refractivity contribution in [3.63, 3.8) is 0 Å². The van der Waals surface area contributed by atoms with Crippen LogP contribution in [-0.4, -0.2) is 45.1 Å². The van der Waals surface area contributed by atoms with E-state index in [0.29, 0.717) is 26.2 Å². The minimum absolute atomic E-state index is 0.00938. The van der Waals surface area contributed by atoms with E-state index in [1.54, 1.807) is 0 Å². The molecule has 0 spiro atoms. The third kappa shape index (κ3) is 3.20. The van der Waals surface area contributed by atoms with E-state index in [4.69, 9.17) is 15.6 Å². The summed E-state index contributed by atoms with van der Waals surface area (Å²) in [6.07, 6.45) is 0.788. The van der Waals surface area contributed by atoms with Gasteiger partial charge >= 0.3 is 0 Å². The molecule has 1 rings (SSSR count). The fourth-order valence-corrected chi connectivity index (χ4v) is 1.80. The first-order valence-electron chi connectivity index (χ1n) is 4.13. The molecule has 4 N–H and O–H groups in total. The average Bonchev–Trinajstić information content (AvgIpc) is 1.91. The monoisotopic (exact) mass is 209 g/mol. The fraction of sp³-hybridized carbons (Fsp3) is 1.00. The molecule has 0 amide bonds. The highest BCUT2D eigenvalue weighted by atomic mass is 32.2. The Morgan fingerprint density at radius 2 is 2.08 bits per heavy atom. The van der Waals surface area contributed by atoms with Crippen LogP contribution in [0.5, 0.6) is 0 Å². The van der Waals surface area contributed by atoms with Crippen LogP contribution in [0.4, 0.5) is 0 Å². The van der Waals surface area contributed by atoms with Gasteiger partial charge < -0.3 is 10.5 Å². The highest BCUT2D eigenvalue weighted by molar-refractivity contribution is 7.86. The summed E-state index contributed by atoms with van der Waals surface area (Å²) in [5, 5.41) is 4.88. The molecular formula is C6H15N3O3S. The highest BCUT2D eigenvalue weighted by Gasteiger charge is 2.34. The molecule has 0 unspecified atom stereocenters. The second kappa shape index (κ2) is 4.34. The van der Waals surface area contributed by atoms with Crippen LogP contribution in [0.1, 0.15) is 6.42 Å². The van der Waals surface area contributed by atoms with Crippen molar-refractivity contribution in [3.05, 3.63) is 0 Å². The third-order valence-electron chi connectivity index (χ3n) is 1.88. The maximum atomic E-state index is 10.7. The molecule has 1 heterocycles. The summed E-state index contributed by atoms with van der Waals surface area (Å²) in [4.78, 5) is 0. The van der Waals surface area contributed by atoms with Gasteiger partial charge in [-0.15, -0.1) is 0 Å². The van der Waals surface area contributed by atoms with Crippen LogP contribution in [0.25, 0.3) is 0 Å². The predicted molar refractivity (Wildman–Crippen MR) is 48.1 cm³/mol. The van der Waals surface area contributed by atoms with Gasteiger partial charge in [0.15, 0.2) is 0 Å². The molecule has 1 saturated heterocycles. The maximum absolute atomic E-state index is 10.7. The van der Waals surface area contributed by atoms with E-state index >= 15 is 0 Å². The number of nitrogens with two attached hydrogens (primary N) is 2. The molecule has 78 valence electrons. The van der Waals surface area contributed by atoms with Crippen molar-refractivity contribution in [1.29, 1.82) is 0 Å². The molecule has 1 aliphatic heterocycles. The molecule has 7 heteroatoms. The molecule has 0 aromatic heterocycles. The van der Waals surface area contributed by atoms with Gasteiger partial charge in [0.05, 0.1) is 6.10 Å². The van der Waals surface area contributed by atoms with Gasteiger partial charge in [-0.3, -0.25) is 0 Å². The van der Waals surface area contributed by atoms with Gasteiger partial charge in [-0.25, -0.2) is 5.14 Å². The Morgan fingerprint density at radius 3 is 2.54 bits per heavy atom. The van der Waals surface area contributed by atoms with E-state index in [0.717, 1.165) is 6.42 Å². The van der Waals surface area contributed by atoms with Gasteiger partial charge in [0, 0.05) is 19.7 Å². The van der Waals surface area contributed by atoms with Gasteiger partial charge in [0.25, 0.3) is 10.2 Å². The lowest BCUT2D eigenvalue weighted by Gasteiger charge is -2.36. The Bertz CT molecular complexity index is 248. The lowest BCUT2D eigenvalue weighted by Crippen LogP contribution is -2.56. The number of ether oxygens (including phenoxy) is 1. The number of nitrogens with zero attached hydrogens (tertiary/aromatic N) is 1. The predicted octanol–water partition coefficient (Wildman–Crippen LogP) is -1.76. The van der Waals surface area contributed by atoms with Crippen molar-refractivity contribution >= 4 is 10.2 Å². The van der Waals surface area contributed by atoms with E-state index in [2.05, 4.69) is 0 Å². The van der Waals surface area contributed by atoms with E-state index < -0.39 is 10.2 Å². The molecule has 1 fully saturated rings. The van der Waals surface area contributed by atoms with Crippen LogP contribution >= 0.6 is 0 Å². The van der Waals surface area contributed by atoms with Crippen molar-refractivity contribution in [1.82, 2.24) is 4.31 Å². The molecule has 0 aromatic carbocycles. The van der Waals surface area contributed by atoms with Crippen molar-refractivity contribution in [2.45, 2.75) is 12.5 Å². The van der Waals surface area contributed by atoms with Crippen molar-refractivity contribution in [3.8, 4) is 0 Å². The SMILES string of the molecule is NCCCOC1CN(S(N)(=O)=O)C1. The summed E-state index contributed by atoms with van der Waals surface area (Å²) in [6.45, 7) is 1.90. The first kappa shape index (κ1) is 10.9. The van der Waals surface area contributed by atoms with Gasteiger partial charge in [0.2, 0.25) is 0 Å². The molecule has 0 bridgehead atoms. The van der Waals surface area contributed by atoms with E-state index in [9.17, 15) is 8.42 Å². The summed E-state index contributed by atoms with van der Waals surface area (Å²) in [5.74, 6) is 0. The van der Waals surface area contributed by atoms with Crippen molar-refractivity contribution < 1.29 is 13.2 Å². The van der Waals surface area contributed by atoms with E-state index in [1.807, 2.05) is 0 Å². The molecule has 0 radical (unpaired) electrons. The molecule has 6 nitrogen and oxygen atoms in total. The molecule has 0 aromatic rings. The topological polar surface area (TPSA) is 98.7 Å². The first-order chi connectivity index (χ1) is 6.04. The maximum Gasteiger partial charge on any atom is 0.277 e. The van der Waals surface area contributed by atoms with Crippen LogP contribution < -0.4 is 10.9 Å². The van der Waals surface area contributed by atoms with Crippen LogP contribution in [0, 0.1) is 0 Å². The molecular weight excluding hydrogens is 194 g/mol. The summed E-state index contributed by atoms with van der Waals surface area (Å²) in [7, 11) is -3.50. The van der Waals surface area contributed by atoms with Crippen LogP contribution in [0.3, 0.4) is 0 Å². The summed E-state index contributed by atoms with van der Waals surface area (Å²) in [6, 6.07) is 0. The second-order valence-electron chi connectivity index (χ2n) is 3.00. The smallest absolute Gasteiger partial charge is 0.277 e. The van der Waals surface area contributed by atoms with Gasteiger partial charge in [-0.2, -0.15) is 12.7 Å². The lowest BCUT2D eigenvalue weighted by atomic mass is 10.2. The quantitative estimate of drug-likeness (QED) is 0.524. The summed E-state index contributed by atoms with van der Waals surface area (Å²) in [5.41, 5.74) is 5.26. The standard InChI is InChI=1S/C6H15N3O3S/c7-2-1-3-12-6-4-9(5-6)13(8,10)11/h6H,1-5,7H2,(H2,8,10,11). The summed E-state index contributed by atoms with van der Waals surface area (Å²) < 4.78 is 27.9. The van der Waals surface area contributed by atoms with Crippen molar-refractivity contribution in [2.24, 2.45) is 10.9 Å². The second-order valence-corrected chi connectivity index (χ2v) is 4.54. The van der Waals surface area contributed by atoms with Crippen LogP contribution in [-0.2, 0) is 14.9 Å². The average molecular weight is 209 g/mol. The highest BCUT2D eigenvalue weighted by Crippen LogP contribution is 2.13. The molecule has 0 saturated carbocycles. The number of hydrogen-bond donors (Lipinski definition) is 2.